The van der Waals surface area contributed by atoms with Crippen molar-refractivity contribution < 1.29 is 9.18 Å². The van der Waals surface area contributed by atoms with E-state index in [0.29, 0.717) is 11.1 Å². The van der Waals surface area contributed by atoms with Gasteiger partial charge in [0.05, 0.1) is 16.1 Å². The average molecular weight is 286 g/mol. The number of hydrogen-bond donors (Lipinski definition) is 0. The van der Waals surface area contributed by atoms with Gasteiger partial charge in [-0.25, -0.2) is 4.39 Å². The summed E-state index contributed by atoms with van der Waals surface area (Å²) in [5, 5.41) is 0.768. The molecule has 0 N–H and O–H groups in total. The third kappa shape index (κ3) is 2.06. The van der Waals surface area contributed by atoms with Crippen molar-refractivity contribution in [3.05, 3.63) is 76.7 Å². The molecule has 0 bridgehead atoms. The number of nitrogens with zero attached hydrogens (tertiary/aromatic N) is 1. The number of hydrogen-bond acceptors (Lipinski definition) is 2. The third-order valence-corrected chi connectivity index (χ3v) is 3.37. The first-order valence-corrected chi connectivity index (χ1v) is 6.39. The molecule has 2 nitrogen and oxygen atoms in total. The second-order valence-electron chi connectivity index (χ2n) is 4.31. The summed E-state index contributed by atoms with van der Waals surface area (Å²) in [7, 11) is 0. The lowest BCUT2D eigenvalue weighted by Crippen LogP contribution is -2.06. The highest BCUT2D eigenvalue weighted by Gasteiger charge is 2.18. The SMILES string of the molecule is O=C(c1cccc(Cl)c1F)c1cccc2cccnc12. The first kappa shape index (κ1) is 12.8. The lowest BCUT2D eigenvalue weighted by Gasteiger charge is -2.06. The molecule has 20 heavy (non-hydrogen) atoms. The van der Waals surface area contributed by atoms with Crippen molar-refractivity contribution in [2.75, 3.05) is 0 Å². The zero-order chi connectivity index (χ0) is 14.1. The van der Waals surface area contributed by atoms with Gasteiger partial charge in [-0.15, -0.1) is 0 Å². The maximum absolute atomic E-state index is 14.0. The Morgan fingerprint density at radius 1 is 1.00 bits per heavy atom. The number of para-hydroxylation sites is 1. The van der Waals surface area contributed by atoms with Crippen LogP contribution in [0.25, 0.3) is 10.9 Å². The molecule has 0 radical (unpaired) electrons. The molecule has 0 aliphatic carbocycles. The normalized spacial score (nSPS) is 10.7. The van der Waals surface area contributed by atoms with Crippen molar-refractivity contribution in [3.63, 3.8) is 0 Å². The molecule has 3 rings (SSSR count). The number of carbonyl (C=O) groups excluding carboxylic acids is 1. The molecule has 0 saturated heterocycles. The molecule has 0 aliphatic rings. The van der Waals surface area contributed by atoms with Crippen molar-refractivity contribution in [1.29, 1.82) is 0 Å². The maximum atomic E-state index is 14.0. The first-order chi connectivity index (χ1) is 9.68. The molecule has 1 heterocycles. The Hall–Kier alpha value is -2.26. The van der Waals surface area contributed by atoms with Crippen LogP contribution in [-0.4, -0.2) is 10.8 Å². The lowest BCUT2D eigenvalue weighted by molar-refractivity contribution is 0.103. The van der Waals surface area contributed by atoms with Gasteiger partial charge in [0.15, 0.2) is 11.6 Å². The molecule has 0 atom stereocenters. The highest BCUT2D eigenvalue weighted by Crippen LogP contribution is 2.23. The van der Waals surface area contributed by atoms with Crippen molar-refractivity contribution in [2.45, 2.75) is 0 Å². The van der Waals surface area contributed by atoms with Crippen LogP contribution >= 0.6 is 11.6 Å². The number of halogens is 2. The minimum Gasteiger partial charge on any atom is -0.288 e. The Labute approximate surface area is 119 Å². The Kier molecular flexibility index (Phi) is 3.20. The summed E-state index contributed by atoms with van der Waals surface area (Å²) in [6, 6.07) is 13.3. The minimum atomic E-state index is -0.702. The molecule has 2 aromatic carbocycles. The molecule has 98 valence electrons. The third-order valence-electron chi connectivity index (χ3n) is 3.07. The molecule has 0 amide bonds. The van der Waals surface area contributed by atoms with Gasteiger partial charge < -0.3 is 0 Å². The Balaban J connectivity index is 2.21. The molecule has 0 spiro atoms. The van der Waals surface area contributed by atoms with E-state index in [0.717, 1.165) is 5.39 Å². The molecule has 0 aliphatic heterocycles. The predicted molar refractivity (Wildman–Crippen MR) is 76.6 cm³/mol. The van der Waals surface area contributed by atoms with Crippen LogP contribution in [0.15, 0.2) is 54.7 Å². The van der Waals surface area contributed by atoms with Crippen molar-refractivity contribution in [1.82, 2.24) is 4.98 Å². The van der Waals surface area contributed by atoms with Crippen molar-refractivity contribution >= 4 is 28.3 Å². The highest BCUT2D eigenvalue weighted by molar-refractivity contribution is 6.31. The molecule has 4 heteroatoms. The van der Waals surface area contributed by atoms with E-state index in [1.807, 2.05) is 12.1 Å². The van der Waals surface area contributed by atoms with Crippen molar-refractivity contribution in [3.8, 4) is 0 Å². The van der Waals surface area contributed by atoms with Gasteiger partial charge in [-0.1, -0.05) is 35.9 Å². The fourth-order valence-electron chi connectivity index (χ4n) is 2.11. The molecule has 1 aromatic heterocycles. The van der Waals surface area contributed by atoms with Gasteiger partial charge in [0.1, 0.15) is 0 Å². The number of aromatic nitrogens is 1. The van der Waals surface area contributed by atoms with Crippen molar-refractivity contribution in [2.24, 2.45) is 0 Å². The lowest BCUT2D eigenvalue weighted by atomic mass is 10.00. The smallest absolute Gasteiger partial charge is 0.198 e. The van der Waals surface area contributed by atoms with E-state index in [4.69, 9.17) is 11.6 Å². The van der Waals surface area contributed by atoms with Crippen LogP contribution < -0.4 is 0 Å². The Morgan fingerprint density at radius 3 is 2.55 bits per heavy atom. The van der Waals surface area contributed by atoms with E-state index in [-0.39, 0.29) is 10.6 Å². The van der Waals surface area contributed by atoms with Crippen LogP contribution in [0.3, 0.4) is 0 Å². The van der Waals surface area contributed by atoms with E-state index >= 15 is 0 Å². The maximum Gasteiger partial charge on any atom is 0.198 e. The molecule has 0 unspecified atom stereocenters. The van der Waals surface area contributed by atoms with Crippen LogP contribution in [0.4, 0.5) is 4.39 Å². The fraction of sp³-hybridized carbons (Fsp3) is 0. The number of fused-ring (bicyclic) bond motifs is 1. The van der Waals surface area contributed by atoms with E-state index in [2.05, 4.69) is 4.98 Å². The second kappa shape index (κ2) is 5.02. The molecule has 3 aromatic rings. The molecular formula is C16H9ClFNO. The van der Waals surface area contributed by atoms with Crippen LogP contribution in [0, 0.1) is 5.82 Å². The van der Waals surface area contributed by atoms with E-state index in [1.165, 1.54) is 12.1 Å². The number of ketones is 1. The van der Waals surface area contributed by atoms with Gasteiger partial charge in [0.2, 0.25) is 0 Å². The van der Waals surface area contributed by atoms with Crippen LogP contribution in [-0.2, 0) is 0 Å². The summed E-state index contributed by atoms with van der Waals surface area (Å²) in [6.45, 7) is 0. The average Bonchev–Trinajstić information content (AvgIpc) is 2.49. The quantitative estimate of drug-likeness (QED) is 0.659. The topological polar surface area (TPSA) is 30.0 Å². The van der Waals surface area contributed by atoms with E-state index < -0.39 is 11.6 Å². The zero-order valence-electron chi connectivity index (χ0n) is 10.3. The van der Waals surface area contributed by atoms with Gasteiger partial charge >= 0.3 is 0 Å². The summed E-state index contributed by atoms with van der Waals surface area (Å²) in [5.74, 6) is -1.12. The summed E-state index contributed by atoms with van der Waals surface area (Å²) in [5.41, 5.74) is 0.874. The van der Waals surface area contributed by atoms with Gasteiger partial charge in [-0.3, -0.25) is 9.78 Å². The van der Waals surface area contributed by atoms with Crippen LogP contribution in [0.1, 0.15) is 15.9 Å². The Morgan fingerprint density at radius 2 is 1.70 bits per heavy atom. The Bertz CT molecular complexity index is 811. The highest BCUT2D eigenvalue weighted by atomic mass is 35.5. The first-order valence-electron chi connectivity index (χ1n) is 6.01. The van der Waals surface area contributed by atoms with Gasteiger partial charge in [-0.05, 0) is 24.3 Å². The predicted octanol–water partition coefficient (Wildman–Crippen LogP) is 4.26. The van der Waals surface area contributed by atoms with E-state index in [1.54, 1.807) is 30.5 Å². The number of pyridine rings is 1. The summed E-state index contributed by atoms with van der Waals surface area (Å²) in [6.07, 6.45) is 1.60. The zero-order valence-corrected chi connectivity index (χ0v) is 11.1. The van der Waals surface area contributed by atoms with Gasteiger partial charge in [0, 0.05) is 17.1 Å². The molecular weight excluding hydrogens is 277 g/mol. The summed E-state index contributed by atoms with van der Waals surface area (Å²) < 4.78 is 14.0. The number of carbonyl (C=O) groups is 1. The van der Waals surface area contributed by atoms with Crippen LogP contribution in [0.2, 0.25) is 5.02 Å². The second-order valence-corrected chi connectivity index (χ2v) is 4.72. The number of benzene rings is 2. The standard InChI is InChI=1S/C16H9ClFNO/c17-13-8-2-6-11(14(13)18)16(20)12-7-1-4-10-5-3-9-19-15(10)12/h1-9H. The van der Waals surface area contributed by atoms with Gasteiger partial charge in [-0.2, -0.15) is 0 Å². The number of rotatable bonds is 2. The molecule has 0 fully saturated rings. The minimum absolute atomic E-state index is 0.0457. The summed E-state index contributed by atoms with van der Waals surface area (Å²) >= 11 is 5.72. The van der Waals surface area contributed by atoms with E-state index in [9.17, 15) is 9.18 Å². The van der Waals surface area contributed by atoms with Crippen LogP contribution in [0.5, 0.6) is 0 Å². The fourth-order valence-corrected chi connectivity index (χ4v) is 2.29. The van der Waals surface area contributed by atoms with Gasteiger partial charge in [0.25, 0.3) is 0 Å². The summed E-state index contributed by atoms with van der Waals surface area (Å²) in [4.78, 5) is 16.7. The molecule has 0 saturated carbocycles. The largest absolute Gasteiger partial charge is 0.288 e. The monoisotopic (exact) mass is 285 g/mol.